The lowest BCUT2D eigenvalue weighted by Crippen LogP contribution is -2.49. The minimum atomic E-state index is -0.881. The van der Waals surface area contributed by atoms with Gasteiger partial charge in [-0.3, -0.25) is 4.79 Å². The summed E-state index contributed by atoms with van der Waals surface area (Å²) in [6.07, 6.45) is 3.54. The van der Waals surface area contributed by atoms with Gasteiger partial charge in [-0.25, -0.2) is 8.78 Å². The van der Waals surface area contributed by atoms with E-state index in [4.69, 9.17) is 5.73 Å². The molecule has 0 spiro atoms. The van der Waals surface area contributed by atoms with Crippen LogP contribution in [-0.4, -0.2) is 18.0 Å². The molecule has 3 N–H and O–H groups in total. The predicted molar refractivity (Wildman–Crippen MR) is 71.8 cm³/mol. The second-order valence-corrected chi connectivity index (χ2v) is 5.69. The number of halogens is 3. The van der Waals surface area contributed by atoms with Crippen molar-refractivity contribution in [3.8, 4) is 0 Å². The molecule has 0 unspecified atom stereocenters. The third kappa shape index (κ3) is 3.30. The van der Waals surface area contributed by atoms with E-state index in [1.807, 2.05) is 0 Å². The molecular weight excluding hydrogens is 318 g/mol. The number of carbonyl (C=O) groups excluding carboxylic acids is 1. The maximum atomic E-state index is 13.7. The van der Waals surface area contributed by atoms with Gasteiger partial charge >= 0.3 is 0 Å². The van der Waals surface area contributed by atoms with Crippen molar-refractivity contribution in [3.63, 3.8) is 0 Å². The first-order valence-corrected chi connectivity index (χ1v) is 6.99. The van der Waals surface area contributed by atoms with Gasteiger partial charge in [0.2, 0.25) is 0 Å². The minimum absolute atomic E-state index is 0.153. The average molecular weight is 333 g/mol. The number of carbonyl (C=O) groups is 1. The van der Waals surface area contributed by atoms with Crippen molar-refractivity contribution >= 4 is 21.8 Å². The Morgan fingerprint density at radius 3 is 2.42 bits per heavy atom. The Morgan fingerprint density at radius 2 is 1.84 bits per heavy atom. The lowest BCUT2D eigenvalue weighted by atomic mass is 9.91. The molecule has 104 valence electrons. The van der Waals surface area contributed by atoms with Gasteiger partial charge in [0, 0.05) is 16.6 Å². The summed E-state index contributed by atoms with van der Waals surface area (Å²) in [4.78, 5) is 11.9. The van der Waals surface area contributed by atoms with Gasteiger partial charge in [-0.05, 0) is 25.0 Å². The van der Waals surface area contributed by atoms with Crippen LogP contribution < -0.4 is 11.1 Å². The number of hydrogen-bond donors (Lipinski definition) is 2. The summed E-state index contributed by atoms with van der Waals surface area (Å²) in [5.41, 5.74) is 5.34. The van der Waals surface area contributed by atoms with Crippen LogP contribution >= 0.6 is 15.9 Å². The molecule has 1 amide bonds. The Balaban J connectivity index is 2.16. The van der Waals surface area contributed by atoms with Crippen molar-refractivity contribution in [1.82, 2.24) is 5.32 Å². The Morgan fingerprint density at radius 1 is 1.26 bits per heavy atom. The van der Waals surface area contributed by atoms with E-state index in [1.165, 1.54) is 0 Å². The van der Waals surface area contributed by atoms with E-state index in [2.05, 4.69) is 21.2 Å². The maximum absolute atomic E-state index is 13.7. The van der Waals surface area contributed by atoms with E-state index in [0.29, 0.717) is 0 Å². The molecule has 1 aromatic carbocycles. The molecule has 0 heterocycles. The molecule has 1 aromatic rings. The smallest absolute Gasteiger partial charge is 0.257 e. The molecule has 0 aromatic heterocycles. The maximum Gasteiger partial charge on any atom is 0.257 e. The van der Waals surface area contributed by atoms with Gasteiger partial charge < -0.3 is 11.1 Å². The monoisotopic (exact) mass is 332 g/mol. The fourth-order valence-electron chi connectivity index (χ4n) is 2.34. The topological polar surface area (TPSA) is 55.1 Å². The largest absolute Gasteiger partial charge is 0.348 e. The van der Waals surface area contributed by atoms with Gasteiger partial charge in [0.15, 0.2) is 0 Å². The van der Waals surface area contributed by atoms with Crippen LogP contribution in [0.4, 0.5) is 8.78 Å². The molecule has 3 nitrogen and oxygen atoms in total. The Hall–Kier alpha value is -1.01. The fourth-order valence-corrected chi connectivity index (χ4v) is 2.74. The van der Waals surface area contributed by atoms with Crippen molar-refractivity contribution in [2.24, 2.45) is 5.73 Å². The van der Waals surface area contributed by atoms with Crippen molar-refractivity contribution in [1.29, 1.82) is 0 Å². The van der Waals surface area contributed by atoms with E-state index in [0.717, 1.165) is 37.8 Å². The number of nitrogens with one attached hydrogen (secondary N) is 1. The summed E-state index contributed by atoms with van der Waals surface area (Å²) in [5.74, 6) is -2.51. The molecule has 2 atom stereocenters. The SMILES string of the molecule is N[C@@H]1CCCC[C@H]1NC(=O)c1c(F)cc(Br)cc1F. The highest BCUT2D eigenvalue weighted by Crippen LogP contribution is 2.21. The van der Waals surface area contributed by atoms with Crippen LogP contribution in [0.5, 0.6) is 0 Å². The molecule has 1 saturated carbocycles. The summed E-state index contributed by atoms with van der Waals surface area (Å²) >= 11 is 2.97. The zero-order chi connectivity index (χ0) is 14.0. The first-order valence-electron chi connectivity index (χ1n) is 6.20. The minimum Gasteiger partial charge on any atom is -0.348 e. The molecule has 1 fully saturated rings. The second-order valence-electron chi connectivity index (χ2n) is 4.77. The number of hydrogen-bond acceptors (Lipinski definition) is 2. The molecule has 0 aliphatic heterocycles. The van der Waals surface area contributed by atoms with Crippen molar-refractivity contribution in [3.05, 3.63) is 33.8 Å². The van der Waals surface area contributed by atoms with Gasteiger partial charge in [0.25, 0.3) is 5.91 Å². The second kappa shape index (κ2) is 5.96. The normalized spacial score (nSPS) is 23.2. The highest BCUT2D eigenvalue weighted by atomic mass is 79.9. The number of nitrogens with two attached hydrogens (primary N) is 1. The zero-order valence-electron chi connectivity index (χ0n) is 10.3. The van der Waals surface area contributed by atoms with Crippen LogP contribution in [0.1, 0.15) is 36.0 Å². The van der Waals surface area contributed by atoms with E-state index >= 15 is 0 Å². The van der Waals surface area contributed by atoms with E-state index in [9.17, 15) is 13.6 Å². The van der Waals surface area contributed by atoms with E-state index in [-0.39, 0.29) is 16.6 Å². The molecule has 6 heteroatoms. The lowest BCUT2D eigenvalue weighted by Gasteiger charge is -2.29. The molecule has 2 rings (SSSR count). The third-order valence-electron chi connectivity index (χ3n) is 3.37. The molecule has 1 aliphatic rings. The molecule has 0 bridgehead atoms. The molecule has 0 saturated heterocycles. The van der Waals surface area contributed by atoms with Crippen molar-refractivity contribution in [2.45, 2.75) is 37.8 Å². The average Bonchev–Trinajstić information content (AvgIpc) is 2.30. The van der Waals surface area contributed by atoms with Gasteiger partial charge in [-0.1, -0.05) is 28.8 Å². The first kappa shape index (κ1) is 14.4. The van der Waals surface area contributed by atoms with Crippen molar-refractivity contribution < 1.29 is 13.6 Å². The zero-order valence-corrected chi connectivity index (χ0v) is 11.8. The predicted octanol–water partition coefficient (Wildman–Crippen LogP) is 2.73. The lowest BCUT2D eigenvalue weighted by molar-refractivity contribution is 0.0912. The van der Waals surface area contributed by atoms with Gasteiger partial charge in [0.05, 0.1) is 0 Å². The van der Waals surface area contributed by atoms with Crippen molar-refractivity contribution in [2.75, 3.05) is 0 Å². The number of amides is 1. The quantitative estimate of drug-likeness (QED) is 0.874. The van der Waals surface area contributed by atoms with Gasteiger partial charge in [0.1, 0.15) is 17.2 Å². The molecule has 0 radical (unpaired) electrons. The van der Waals surface area contributed by atoms with Crippen LogP contribution in [0.15, 0.2) is 16.6 Å². The molecule has 1 aliphatic carbocycles. The Kier molecular flexibility index (Phi) is 4.52. The highest BCUT2D eigenvalue weighted by molar-refractivity contribution is 9.10. The van der Waals surface area contributed by atoms with Gasteiger partial charge in [-0.2, -0.15) is 0 Å². The van der Waals surface area contributed by atoms with Crippen LogP contribution in [0.3, 0.4) is 0 Å². The Bertz CT molecular complexity index is 473. The van der Waals surface area contributed by atoms with Crippen LogP contribution in [0, 0.1) is 11.6 Å². The number of rotatable bonds is 2. The summed E-state index contributed by atoms with van der Waals surface area (Å²) in [5, 5.41) is 2.63. The summed E-state index contributed by atoms with van der Waals surface area (Å²) < 4.78 is 27.6. The molecule has 19 heavy (non-hydrogen) atoms. The number of benzene rings is 1. The fraction of sp³-hybridized carbons (Fsp3) is 0.462. The van der Waals surface area contributed by atoms with E-state index in [1.54, 1.807) is 0 Å². The third-order valence-corrected chi connectivity index (χ3v) is 3.83. The Labute approximate surface area is 118 Å². The summed E-state index contributed by atoms with van der Waals surface area (Å²) in [6, 6.07) is 1.76. The summed E-state index contributed by atoms with van der Waals surface area (Å²) in [7, 11) is 0. The van der Waals surface area contributed by atoms with Crippen LogP contribution in [0.2, 0.25) is 0 Å². The standard InChI is InChI=1S/C13H15BrF2N2O/c14-7-5-8(15)12(9(16)6-7)13(19)18-11-4-2-1-3-10(11)17/h5-6,10-11H,1-4,17H2,(H,18,19)/t10-,11-/m1/s1. The highest BCUT2D eigenvalue weighted by Gasteiger charge is 2.26. The van der Waals surface area contributed by atoms with Crippen LogP contribution in [0.25, 0.3) is 0 Å². The summed E-state index contributed by atoms with van der Waals surface area (Å²) in [6.45, 7) is 0. The van der Waals surface area contributed by atoms with E-state index < -0.39 is 23.1 Å². The van der Waals surface area contributed by atoms with Crippen LogP contribution in [-0.2, 0) is 0 Å². The first-order chi connectivity index (χ1) is 8.99. The molecular formula is C13H15BrF2N2O. The van der Waals surface area contributed by atoms with Gasteiger partial charge in [-0.15, -0.1) is 0 Å².